The average molecular weight is 225 g/mol. The Labute approximate surface area is 96.0 Å². The van der Waals surface area contributed by atoms with Crippen LogP contribution in [0.4, 0.5) is 5.82 Å². The molecule has 3 N–H and O–H groups in total. The van der Waals surface area contributed by atoms with Crippen LogP contribution in [0.2, 0.25) is 0 Å². The molecule has 0 bridgehead atoms. The van der Waals surface area contributed by atoms with Gasteiger partial charge in [0.25, 0.3) is 0 Å². The standard InChI is InChI=1S/C11H19N3O2/c1-7-5-6-14-10(12)8(7)9(13-2)11(15-3)16-4/h5-6,9,11,13H,1-4H3,(H2,12,14). The van der Waals surface area contributed by atoms with Crippen LogP contribution in [0, 0.1) is 6.92 Å². The number of aryl methyl sites for hydroxylation is 1. The van der Waals surface area contributed by atoms with Gasteiger partial charge in [-0.3, -0.25) is 0 Å². The van der Waals surface area contributed by atoms with E-state index in [0.29, 0.717) is 5.82 Å². The Hall–Kier alpha value is -1.17. The molecule has 0 spiro atoms. The fraction of sp³-hybridized carbons (Fsp3) is 0.545. The molecule has 0 aliphatic carbocycles. The van der Waals surface area contributed by atoms with Crippen molar-refractivity contribution in [3.63, 3.8) is 0 Å². The van der Waals surface area contributed by atoms with Crippen LogP contribution in [0.1, 0.15) is 17.2 Å². The van der Waals surface area contributed by atoms with Gasteiger partial charge >= 0.3 is 0 Å². The number of methoxy groups -OCH3 is 2. The zero-order valence-electron chi connectivity index (χ0n) is 10.2. The molecular weight excluding hydrogens is 206 g/mol. The molecule has 0 fully saturated rings. The Balaban J connectivity index is 3.12. The fourth-order valence-electron chi connectivity index (χ4n) is 1.78. The predicted octanol–water partition coefficient (Wildman–Crippen LogP) is 0.852. The van der Waals surface area contributed by atoms with E-state index in [0.717, 1.165) is 11.1 Å². The lowest BCUT2D eigenvalue weighted by molar-refractivity contribution is -0.123. The molecule has 16 heavy (non-hydrogen) atoms. The van der Waals surface area contributed by atoms with E-state index < -0.39 is 6.29 Å². The summed E-state index contributed by atoms with van der Waals surface area (Å²) in [5, 5.41) is 3.13. The van der Waals surface area contributed by atoms with Gasteiger partial charge in [-0.15, -0.1) is 0 Å². The SMILES string of the molecule is CNC(c1c(C)ccnc1N)C(OC)OC. The van der Waals surface area contributed by atoms with Crippen molar-refractivity contribution < 1.29 is 9.47 Å². The molecule has 0 saturated heterocycles. The minimum Gasteiger partial charge on any atom is -0.383 e. The lowest BCUT2D eigenvalue weighted by Gasteiger charge is -2.26. The summed E-state index contributed by atoms with van der Waals surface area (Å²) in [7, 11) is 5.03. The van der Waals surface area contributed by atoms with Crippen LogP contribution < -0.4 is 11.1 Å². The van der Waals surface area contributed by atoms with Crippen molar-refractivity contribution in [2.75, 3.05) is 27.0 Å². The summed E-state index contributed by atoms with van der Waals surface area (Å²) < 4.78 is 10.5. The molecular formula is C11H19N3O2. The molecule has 1 aromatic heterocycles. The van der Waals surface area contributed by atoms with Crippen molar-refractivity contribution in [2.24, 2.45) is 0 Å². The molecule has 0 aliphatic rings. The molecule has 1 aromatic rings. The van der Waals surface area contributed by atoms with Crippen LogP contribution in [-0.2, 0) is 9.47 Å². The Morgan fingerprint density at radius 2 is 2.00 bits per heavy atom. The number of nitrogen functional groups attached to an aromatic ring is 1. The molecule has 0 amide bonds. The van der Waals surface area contributed by atoms with Gasteiger partial charge in [-0.25, -0.2) is 4.98 Å². The van der Waals surface area contributed by atoms with Gasteiger partial charge in [-0.1, -0.05) is 0 Å². The van der Waals surface area contributed by atoms with E-state index in [9.17, 15) is 0 Å². The van der Waals surface area contributed by atoms with E-state index in [4.69, 9.17) is 15.2 Å². The van der Waals surface area contributed by atoms with E-state index in [1.807, 2.05) is 20.0 Å². The van der Waals surface area contributed by atoms with Crippen molar-refractivity contribution in [1.29, 1.82) is 0 Å². The first-order valence-electron chi connectivity index (χ1n) is 5.09. The van der Waals surface area contributed by atoms with E-state index in [2.05, 4.69) is 10.3 Å². The second kappa shape index (κ2) is 5.79. The van der Waals surface area contributed by atoms with Crippen LogP contribution in [0.5, 0.6) is 0 Å². The maximum atomic E-state index is 5.88. The number of nitrogens with two attached hydrogens (primary N) is 1. The van der Waals surface area contributed by atoms with Gasteiger partial charge in [-0.2, -0.15) is 0 Å². The summed E-state index contributed by atoms with van der Waals surface area (Å²) in [4.78, 5) is 4.09. The van der Waals surface area contributed by atoms with Gasteiger partial charge in [0.1, 0.15) is 5.82 Å². The van der Waals surface area contributed by atoms with Gasteiger partial charge < -0.3 is 20.5 Å². The zero-order chi connectivity index (χ0) is 12.1. The van der Waals surface area contributed by atoms with Crippen molar-refractivity contribution >= 4 is 5.82 Å². The summed E-state index contributed by atoms with van der Waals surface area (Å²) in [5.74, 6) is 0.499. The summed E-state index contributed by atoms with van der Waals surface area (Å²) in [6.07, 6.45) is 1.30. The van der Waals surface area contributed by atoms with Crippen LogP contribution in [0.3, 0.4) is 0 Å². The fourth-order valence-corrected chi connectivity index (χ4v) is 1.78. The summed E-state index contributed by atoms with van der Waals surface area (Å²) in [6.45, 7) is 1.99. The molecule has 5 heteroatoms. The molecule has 0 radical (unpaired) electrons. The number of nitrogens with one attached hydrogen (secondary N) is 1. The molecule has 1 heterocycles. The lowest BCUT2D eigenvalue weighted by Crippen LogP contribution is -2.33. The highest BCUT2D eigenvalue weighted by Crippen LogP contribution is 2.26. The topological polar surface area (TPSA) is 69.4 Å². The van der Waals surface area contributed by atoms with Gasteiger partial charge in [0.15, 0.2) is 6.29 Å². The van der Waals surface area contributed by atoms with Gasteiger partial charge in [0, 0.05) is 26.0 Å². The third-order valence-electron chi connectivity index (χ3n) is 2.60. The summed E-state index contributed by atoms with van der Waals surface area (Å²) in [6, 6.07) is 1.78. The number of ether oxygens (including phenoxy) is 2. The number of nitrogens with zero attached hydrogens (tertiary/aromatic N) is 1. The van der Waals surface area contributed by atoms with Crippen molar-refractivity contribution in [3.05, 3.63) is 23.4 Å². The minimum absolute atomic E-state index is 0.135. The molecule has 0 aromatic carbocycles. The van der Waals surface area contributed by atoms with Gasteiger partial charge in [0.05, 0.1) is 6.04 Å². The maximum Gasteiger partial charge on any atom is 0.176 e. The van der Waals surface area contributed by atoms with Gasteiger partial charge in [-0.05, 0) is 25.6 Å². The molecule has 0 aliphatic heterocycles. The largest absolute Gasteiger partial charge is 0.383 e. The smallest absolute Gasteiger partial charge is 0.176 e. The molecule has 90 valence electrons. The number of aromatic nitrogens is 1. The quantitative estimate of drug-likeness (QED) is 0.727. The summed E-state index contributed by atoms with van der Waals surface area (Å²) >= 11 is 0. The highest BCUT2D eigenvalue weighted by molar-refractivity contribution is 5.46. The molecule has 1 atom stereocenters. The zero-order valence-corrected chi connectivity index (χ0v) is 10.2. The van der Waals surface area contributed by atoms with Crippen LogP contribution in [0.25, 0.3) is 0 Å². The first-order chi connectivity index (χ1) is 7.65. The van der Waals surface area contributed by atoms with Crippen LogP contribution >= 0.6 is 0 Å². The second-order valence-electron chi connectivity index (χ2n) is 3.53. The first-order valence-corrected chi connectivity index (χ1v) is 5.09. The first kappa shape index (κ1) is 12.9. The van der Waals surface area contributed by atoms with Crippen molar-refractivity contribution in [2.45, 2.75) is 19.3 Å². The minimum atomic E-state index is -0.393. The van der Waals surface area contributed by atoms with Crippen molar-refractivity contribution in [1.82, 2.24) is 10.3 Å². The Morgan fingerprint density at radius 3 is 2.44 bits per heavy atom. The average Bonchev–Trinajstić information content (AvgIpc) is 2.28. The van der Waals surface area contributed by atoms with E-state index >= 15 is 0 Å². The number of hydrogen-bond acceptors (Lipinski definition) is 5. The summed E-state index contributed by atoms with van der Waals surface area (Å²) in [5.41, 5.74) is 7.86. The molecule has 1 unspecified atom stereocenters. The second-order valence-corrected chi connectivity index (χ2v) is 3.53. The highest BCUT2D eigenvalue weighted by atomic mass is 16.7. The molecule has 1 rings (SSSR count). The van der Waals surface area contributed by atoms with E-state index in [-0.39, 0.29) is 6.04 Å². The Morgan fingerprint density at radius 1 is 1.38 bits per heavy atom. The molecule has 5 nitrogen and oxygen atoms in total. The number of likely N-dealkylation sites (N-methyl/N-ethyl adjacent to an activating group) is 1. The normalized spacial score (nSPS) is 13.1. The maximum absolute atomic E-state index is 5.88. The lowest BCUT2D eigenvalue weighted by atomic mass is 10.0. The Bertz CT molecular complexity index is 320. The number of pyridine rings is 1. The number of rotatable bonds is 5. The third-order valence-corrected chi connectivity index (χ3v) is 2.60. The Kier molecular flexibility index (Phi) is 4.67. The highest BCUT2D eigenvalue weighted by Gasteiger charge is 2.25. The molecule has 0 saturated carbocycles. The van der Waals surface area contributed by atoms with Crippen molar-refractivity contribution in [3.8, 4) is 0 Å². The number of hydrogen-bond donors (Lipinski definition) is 2. The van der Waals surface area contributed by atoms with Gasteiger partial charge in [0.2, 0.25) is 0 Å². The van der Waals surface area contributed by atoms with Crippen LogP contribution in [-0.4, -0.2) is 32.5 Å². The monoisotopic (exact) mass is 225 g/mol. The van der Waals surface area contributed by atoms with Crippen LogP contribution in [0.15, 0.2) is 12.3 Å². The third kappa shape index (κ3) is 2.49. The van der Waals surface area contributed by atoms with E-state index in [1.54, 1.807) is 20.4 Å². The predicted molar refractivity (Wildman–Crippen MR) is 63.0 cm³/mol. The number of anilines is 1. The van der Waals surface area contributed by atoms with E-state index in [1.165, 1.54) is 0 Å².